The lowest BCUT2D eigenvalue weighted by Crippen LogP contribution is -2.47. The van der Waals surface area contributed by atoms with Crippen molar-refractivity contribution in [2.45, 2.75) is 23.8 Å². The molecular weight excluding hydrogens is 308 g/mol. The van der Waals surface area contributed by atoms with Crippen molar-refractivity contribution in [2.24, 2.45) is 5.92 Å². The number of rotatable bonds is 2. The van der Waals surface area contributed by atoms with E-state index >= 15 is 0 Å². The fourth-order valence-electron chi connectivity index (χ4n) is 4.10. The van der Waals surface area contributed by atoms with Gasteiger partial charge in [0.15, 0.2) is 0 Å². The van der Waals surface area contributed by atoms with E-state index in [0.29, 0.717) is 17.9 Å². The minimum Gasteiger partial charge on any atom is -0.379 e. The molecule has 0 saturated carbocycles. The molecule has 2 fully saturated rings. The van der Waals surface area contributed by atoms with E-state index in [9.17, 15) is 4.79 Å². The van der Waals surface area contributed by atoms with Crippen LogP contribution in [0.25, 0.3) is 0 Å². The standard InChI is InChI=1S/C18H24N2O2S/c1-13-10-20(11-16(13)19-6-8-22-9-7-19)18(21)15-12-23-17-5-3-2-4-14(15)17/h2-5,13,15-16H,6-12H2,1H3. The number of nitrogens with zero attached hydrogens (tertiary/aromatic N) is 2. The van der Waals surface area contributed by atoms with Crippen molar-refractivity contribution in [3.05, 3.63) is 29.8 Å². The molecule has 3 unspecified atom stereocenters. The first kappa shape index (κ1) is 15.5. The van der Waals surface area contributed by atoms with Crippen LogP contribution in [0.5, 0.6) is 0 Å². The van der Waals surface area contributed by atoms with Crippen LogP contribution in [0.4, 0.5) is 0 Å². The molecule has 5 heteroatoms. The van der Waals surface area contributed by atoms with Gasteiger partial charge in [0.25, 0.3) is 0 Å². The second-order valence-electron chi connectivity index (χ2n) is 6.84. The Balaban J connectivity index is 1.46. The Hall–Kier alpha value is -1.04. The Morgan fingerprint density at radius 2 is 2.00 bits per heavy atom. The molecular formula is C18H24N2O2S. The smallest absolute Gasteiger partial charge is 0.231 e. The number of fused-ring (bicyclic) bond motifs is 1. The maximum absolute atomic E-state index is 13.1. The van der Waals surface area contributed by atoms with Crippen LogP contribution in [0.1, 0.15) is 18.4 Å². The van der Waals surface area contributed by atoms with Gasteiger partial charge in [-0.1, -0.05) is 25.1 Å². The van der Waals surface area contributed by atoms with E-state index in [0.717, 1.165) is 45.1 Å². The molecule has 0 N–H and O–H groups in total. The van der Waals surface area contributed by atoms with Crippen LogP contribution in [0, 0.1) is 5.92 Å². The lowest BCUT2D eigenvalue weighted by Gasteiger charge is -2.34. The van der Waals surface area contributed by atoms with Gasteiger partial charge in [0.2, 0.25) is 5.91 Å². The van der Waals surface area contributed by atoms with Crippen molar-refractivity contribution in [2.75, 3.05) is 45.1 Å². The number of benzene rings is 1. The number of likely N-dealkylation sites (tertiary alicyclic amines) is 1. The first-order valence-electron chi connectivity index (χ1n) is 8.56. The number of ether oxygens (including phenoxy) is 1. The van der Waals surface area contributed by atoms with Gasteiger partial charge in [0.1, 0.15) is 0 Å². The zero-order valence-electron chi connectivity index (χ0n) is 13.6. The summed E-state index contributed by atoms with van der Waals surface area (Å²) in [5.74, 6) is 1.81. The number of amides is 1. The van der Waals surface area contributed by atoms with Crippen molar-refractivity contribution < 1.29 is 9.53 Å². The minimum atomic E-state index is 0.0480. The average molecular weight is 332 g/mol. The third-order valence-corrected chi connectivity index (χ3v) is 6.58. The Morgan fingerprint density at radius 3 is 2.83 bits per heavy atom. The van der Waals surface area contributed by atoms with Crippen LogP contribution in [0.3, 0.4) is 0 Å². The highest BCUT2D eigenvalue weighted by Gasteiger charge is 2.40. The summed E-state index contributed by atoms with van der Waals surface area (Å²) in [6, 6.07) is 8.86. The van der Waals surface area contributed by atoms with E-state index in [4.69, 9.17) is 4.74 Å². The third kappa shape index (κ3) is 2.90. The summed E-state index contributed by atoms with van der Waals surface area (Å²) in [7, 11) is 0. The molecule has 124 valence electrons. The molecule has 3 heterocycles. The lowest BCUT2D eigenvalue weighted by molar-refractivity contribution is -0.131. The molecule has 3 aliphatic heterocycles. The summed E-state index contributed by atoms with van der Waals surface area (Å²) in [5, 5.41) is 0. The quantitative estimate of drug-likeness (QED) is 0.830. The molecule has 4 nitrogen and oxygen atoms in total. The van der Waals surface area contributed by atoms with Crippen molar-refractivity contribution in [1.82, 2.24) is 9.80 Å². The Kier molecular flexibility index (Phi) is 4.35. The molecule has 0 aromatic heterocycles. The van der Waals surface area contributed by atoms with Crippen LogP contribution >= 0.6 is 11.8 Å². The molecule has 2 saturated heterocycles. The van der Waals surface area contributed by atoms with Gasteiger partial charge in [0, 0.05) is 42.9 Å². The monoisotopic (exact) mass is 332 g/mol. The number of thioether (sulfide) groups is 1. The maximum Gasteiger partial charge on any atom is 0.231 e. The van der Waals surface area contributed by atoms with Gasteiger partial charge >= 0.3 is 0 Å². The van der Waals surface area contributed by atoms with Crippen molar-refractivity contribution >= 4 is 17.7 Å². The molecule has 0 radical (unpaired) electrons. The van der Waals surface area contributed by atoms with E-state index in [1.165, 1.54) is 10.5 Å². The number of morpholine rings is 1. The molecule has 0 spiro atoms. The summed E-state index contributed by atoms with van der Waals surface area (Å²) in [6.45, 7) is 7.70. The topological polar surface area (TPSA) is 32.8 Å². The average Bonchev–Trinajstić information content (AvgIpc) is 3.19. The Labute approximate surface area is 142 Å². The fourth-order valence-corrected chi connectivity index (χ4v) is 5.32. The van der Waals surface area contributed by atoms with Gasteiger partial charge in [0.05, 0.1) is 19.1 Å². The van der Waals surface area contributed by atoms with Gasteiger partial charge < -0.3 is 9.64 Å². The largest absolute Gasteiger partial charge is 0.379 e. The number of carbonyl (C=O) groups is 1. The lowest BCUT2D eigenvalue weighted by atomic mass is 10.00. The molecule has 23 heavy (non-hydrogen) atoms. The highest BCUT2D eigenvalue weighted by atomic mass is 32.2. The van der Waals surface area contributed by atoms with E-state index in [2.05, 4.69) is 34.9 Å². The highest BCUT2D eigenvalue weighted by Crippen LogP contribution is 2.41. The predicted octanol–water partition coefficient (Wildman–Crippen LogP) is 2.05. The highest BCUT2D eigenvalue weighted by molar-refractivity contribution is 7.99. The molecule has 0 aliphatic carbocycles. The summed E-state index contributed by atoms with van der Waals surface area (Å²) >= 11 is 1.82. The van der Waals surface area contributed by atoms with Crippen molar-refractivity contribution in [3.63, 3.8) is 0 Å². The second kappa shape index (κ2) is 6.46. The molecule has 0 bridgehead atoms. The van der Waals surface area contributed by atoms with Crippen LogP contribution in [-0.4, -0.2) is 66.9 Å². The van der Waals surface area contributed by atoms with Crippen LogP contribution in [-0.2, 0) is 9.53 Å². The molecule has 1 aromatic carbocycles. The zero-order valence-corrected chi connectivity index (χ0v) is 14.4. The molecule has 4 rings (SSSR count). The first-order valence-corrected chi connectivity index (χ1v) is 9.55. The second-order valence-corrected chi connectivity index (χ2v) is 7.90. The fraction of sp³-hybridized carbons (Fsp3) is 0.611. The zero-order chi connectivity index (χ0) is 15.8. The van der Waals surface area contributed by atoms with Crippen molar-refractivity contribution in [1.29, 1.82) is 0 Å². The SMILES string of the molecule is CC1CN(C(=O)C2CSc3ccccc32)CC1N1CCOCC1. The summed E-state index contributed by atoms with van der Waals surface area (Å²) in [4.78, 5) is 19.0. The molecule has 1 amide bonds. The molecule has 3 aliphatic rings. The number of hydrogen-bond acceptors (Lipinski definition) is 4. The summed E-state index contributed by atoms with van der Waals surface area (Å²) in [5.41, 5.74) is 1.23. The van der Waals surface area contributed by atoms with E-state index in [-0.39, 0.29) is 5.92 Å². The van der Waals surface area contributed by atoms with Gasteiger partial charge in [-0.2, -0.15) is 0 Å². The van der Waals surface area contributed by atoms with Crippen LogP contribution < -0.4 is 0 Å². The summed E-state index contributed by atoms with van der Waals surface area (Å²) < 4.78 is 5.46. The Bertz CT molecular complexity index is 588. The van der Waals surface area contributed by atoms with E-state index in [1.54, 1.807) is 0 Å². The van der Waals surface area contributed by atoms with Crippen molar-refractivity contribution in [3.8, 4) is 0 Å². The van der Waals surface area contributed by atoms with Gasteiger partial charge in [-0.15, -0.1) is 11.8 Å². The van der Waals surface area contributed by atoms with Gasteiger partial charge in [-0.25, -0.2) is 0 Å². The van der Waals surface area contributed by atoms with Crippen LogP contribution in [0.15, 0.2) is 29.2 Å². The van der Waals surface area contributed by atoms with Gasteiger partial charge in [-0.05, 0) is 17.5 Å². The molecule has 1 aromatic rings. The first-order chi connectivity index (χ1) is 11.2. The van der Waals surface area contributed by atoms with E-state index < -0.39 is 0 Å². The van der Waals surface area contributed by atoms with E-state index in [1.807, 2.05) is 17.8 Å². The van der Waals surface area contributed by atoms with Crippen LogP contribution in [0.2, 0.25) is 0 Å². The predicted molar refractivity (Wildman–Crippen MR) is 91.8 cm³/mol. The number of carbonyl (C=O) groups excluding carboxylic acids is 1. The minimum absolute atomic E-state index is 0.0480. The number of hydrogen-bond donors (Lipinski definition) is 0. The summed E-state index contributed by atoms with van der Waals surface area (Å²) in [6.07, 6.45) is 0. The third-order valence-electron chi connectivity index (χ3n) is 5.40. The van der Waals surface area contributed by atoms with Gasteiger partial charge in [-0.3, -0.25) is 9.69 Å². The maximum atomic E-state index is 13.1. The Morgan fingerprint density at radius 1 is 1.22 bits per heavy atom. The molecule has 3 atom stereocenters. The normalized spacial score (nSPS) is 31.3.